The van der Waals surface area contributed by atoms with Crippen LogP contribution in [-0.4, -0.2) is 69.8 Å². The highest BCUT2D eigenvalue weighted by molar-refractivity contribution is 6.25. The lowest BCUT2D eigenvalue weighted by Crippen LogP contribution is -2.37. The van der Waals surface area contributed by atoms with Gasteiger partial charge in [0.25, 0.3) is 23.6 Å². The van der Waals surface area contributed by atoms with Crippen LogP contribution in [0.15, 0.2) is 156 Å². The summed E-state index contributed by atoms with van der Waals surface area (Å²) >= 11 is 0. The smallest absolute Gasteiger partial charge is 0.262 e. The van der Waals surface area contributed by atoms with E-state index in [9.17, 15) is 28.8 Å². The number of hydrogen-bond donors (Lipinski definition) is 2. The second-order valence-corrected chi connectivity index (χ2v) is 13.7. The molecule has 3 aliphatic rings. The lowest BCUT2D eigenvalue weighted by atomic mass is 9.95. The normalized spacial score (nSPS) is 14.1. The minimum absolute atomic E-state index is 0.258. The molecule has 280 valence electrons. The molecule has 3 aliphatic heterocycles. The van der Waals surface area contributed by atoms with E-state index in [1.165, 1.54) is 0 Å². The lowest BCUT2D eigenvalue weighted by molar-refractivity contribution is -0.117. The van der Waals surface area contributed by atoms with Gasteiger partial charge < -0.3 is 10.6 Å². The third-order valence-corrected chi connectivity index (χ3v) is 9.99. The molecule has 12 heteroatoms. The average molecular weight is 763 g/mol. The van der Waals surface area contributed by atoms with Crippen molar-refractivity contribution in [3.63, 3.8) is 0 Å². The van der Waals surface area contributed by atoms with Crippen LogP contribution in [0.25, 0.3) is 0 Å². The molecule has 0 aliphatic carbocycles. The largest absolute Gasteiger partial charge is 0.325 e. The fourth-order valence-corrected chi connectivity index (χ4v) is 7.25. The minimum atomic E-state index is -0.560. The number of amides is 6. The maximum absolute atomic E-state index is 13.4. The van der Waals surface area contributed by atoms with Crippen molar-refractivity contribution in [1.82, 2.24) is 9.80 Å². The van der Waals surface area contributed by atoms with Gasteiger partial charge in [-0.25, -0.2) is 9.98 Å². The van der Waals surface area contributed by atoms with E-state index in [0.29, 0.717) is 45.3 Å². The van der Waals surface area contributed by atoms with Gasteiger partial charge in [0.2, 0.25) is 11.8 Å². The van der Waals surface area contributed by atoms with Crippen LogP contribution < -0.4 is 10.6 Å². The molecule has 0 unspecified atom stereocenters. The maximum atomic E-state index is 13.4. The zero-order valence-electron chi connectivity index (χ0n) is 30.5. The number of hydrogen-bond acceptors (Lipinski definition) is 8. The molecule has 6 amide bonds. The fourth-order valence-electron chi connectivity index (χ4n) is 7.25. The molecule has 3 heterocycles. The molecule has 12 nitrogen and oxygen atoms in total. The number of aliphatic imine (C=N–C) groups is 2. The molecule has 0 fully saturated rings. The van der Waals surface area contributed by atoms with Crippen LogP contribution in [0.4, 0.5) is 22.7 Å². The summed E-state index contributed by atoms with van der Waals surface area (Å²) in [6, 6.07) is 42.3. The van der Waals surface area contributed by atoms with Crippen LogP contribution in [0.5, 0.6) is 0 Å². The summed E-state index contributed by atoms with van der Waals surface area (Å²) in [6.45, 7) is -0.937. The highest BCUT2D eigenvalue weighted by atomic mass is 16.2. The van der Waals surface area contributed by atoms with E-state index >= 15 is 0 Å². The Kier molecular flexibility index (Phi) is 8.90. The van der Waals surface area contributed by atoms with E-state index in [0.717, 1.165) is 20.9 Å². The first kappa shape index (κ1) is 35.6. The van der Waals surface area contributed by atoms with Crippen LogP contribution in [0.2, 0.25) is 0 Å². The van der Waals surface area contributed by atoms with Crippen LogP contribution in [-0.2, 0) is 9.59 Å². The predicted octanol–water partition coefficient (Wildman–Crippen LogP) is 6.81. The van der Waals surface area contributed by atoms with Crippen LogP contribution in [0.3, 0.4) is 0 Å². The van der Waals surface area contributed by atoms with Gasteiger partial charge in [0, 0.05) is 33.6 Å². The number of fused-ring (bicyclic) bond motifs is 4. The number of nitrogens with one attached hydrogen (secondary N) is 2. The Morgan fingerprint density at radius 3 is 1.09 bits per heavy atom. The maximum Gasteiger partial charge on any atom is 0.262 e. The molecule has 0 radical (unpaired) electrons. The van der Waals surface area contributed by atoms with Crippen molar-refractivity contribution in [2.24, 2.45) is 9.98 Å². The Bertz CT molecular complexity index is 2550. The van der Waals surface area contributed by atoms with Gasteiger partial charge in [-0.2, -0.15) is 0 Å². The molecule has 9 rings (SSSR count). The minimum Gasteiger partial charge on any atom is -0.325 e. The number of anilines is 2. The third kappa shape index (κ3) is 6.43. The Morgan fingerprint density at radius 1 is 0.414 bits per heavy atom. The number of imide groups is 2. The van der Waals surface area contributed by atoms with Crippen molar-refractivity contribution in [3.8, 4) is 0 Å². The van der Waals surface area contributed by atoms with Crippen molar-refractivity contribution < 1.29 is 28.8 Å². The Balaban J connectivity index is 1.06. The van der Waals surface area contributed by atoms with E-state index in [1.807, 2.05) is 60.7 Å². The molecule has 0 atom stereocenters. The summed E-state index contributed by atoms with van der Waals surface area (Å²) < 4.78 is 0. The van der Waals surface area contributed by atoms with Crippen LogP contribution in [0, 0.1) is 0 Å². The number of nitrogens with zero attached hydrogens (tertiary/aromatic N) is 4. The standard InChI is InChI=1S/C46H30N6O6/c53-39(25-51-43(55)31-15-7-8-16-32(31)44(51)56)47-29-19-21-37-35(23-29)41(27-11-3-1-4-12-27)49-38-22-20-30(24-36(38)42(50-37)28-13-5-2-6-14-28)48-40(54)26-52-45(57)33-17-9-10-18-34(33)46(52)58/h1-24H,25-26H2,(H,47,53)(H,48,54). The van der Waals surface area contributed by atoms with Gasteiger partial charge in [-0.3, -0.25) is 38.6 Å². The summed E-state index contributed by atoms with van der Waals surface area (Å²) in [7, 11) is 0. The molecule has 6 aromatic rings. The molecule has 2 N–H and O–H groups in total. The van der Waals surface area contributed by atoms with Crippen LogP contribution in [0.1, 0.15) is 63.7 Å². The van der Waals surface area contributed by atoms with Crippen molar-refractivity contribution in [2.75, 3.05) is 23.7 Å². The van der Waals surface area contributed by atoms with Gasteiger partial charge in [-0.1, -0.05) is 84.9 Å². The Morgan fingerprint density at radius 2 is 0.741 bits per heavy atom. The van der Waals surface area contributed by atoms with Gasteiger partial charge in [-0.15, -0.1) is 0 Å². The molecule has 58 heavy (non-hydrogen) atoms. The van der Waals surface area contributed by atoms with Gasteiger partial charge in [0.15, 0.2) is 0 Å². The second kappa shape index (κ2) is 14.5. The van der Waals surface area contributed by atoms with Crippen LogP contribution >= 0.6 is 0 Å². The number of carbonyl (C=O) groups excluding carboxylic acids is 6. The monoisotopic (exact) mass is 762 g/mol. The molecule has 0 bridgehead atoms. The third-order valence-electron chi connectivity index (χ3n) is 9.99. The molecular formula is C46H30N6O6. The van der Waals surface area contributed by atoms with E-state index in [2.05, 4.69) is 10.6 Å². The summed E-state index contributed by atoms with van der Waals surface area (Å²) in [5.41, 5.74) is 6.72. The predicted molar refractivity (Wildman–Crippen MR) is 217 cm³/mol. The molecular weight excluding hydrogens is 733 g/mol. The zero-order valence-corrected chi connectivity index (χ0v) is 30.5. The van der Waals surface area contributed by atoms with Gasteiger partial charge in [0.05, 0.1) is 45.1 Å². The van der Waals surface area contributed by atoms with Crippen molar-refractivity contribution in [3.05, 3.63) is 190 Å². The molecule has 0 spiro atoms. The highest BCUT2D eigenvalue weighted by Crippen LogP contribution is 2.36. The molecule has 0 saturated heterocycles. The Hall–Kier alpha value is -8.12. The van der Waals surface area contributed by atoms with Crippen molar-refractivity contribution in [1.29, 1.82) is 0 Å². The number of rotatable bonds is 8. The molecule has 6 aromatic carbocycles. The van der Waals surface area contributed by atoms with E-state index in [4.69, 9.17) is 9.98 Å². The SMILES string of the molecule is O=C(CN1C(=O)c2ccccc2C1=O)Nc1ccc2c(c1)C(c1ccccc1)=Nc1ccc(NC(=O)CN3C(=O)c4ccccc4C3=O)cc1C(c1ccccc1)=N2. The number of benzene rings is 6. The lowest BCUT2D eigenvalue weighted by Gasteiger charge is -2.20. The Labute approximate surface area is 331 Å². The zero-order chi connectivity index (χ0) is 39.9. The van der Waals surface area contributed by atoms with Gasteiger partial charge >= 0.3 is 0 Å². The first-order valence-corrected chi connectivity index (χ1v) is 18.3. The summed E-state index contributed by atoms with van der Waals surface area (Å²) in [4.78, 5) is 90.8. The average Bonchev–Trinajstić information content (AvgIpc) is 3.62. The second-order valence-electron chi connectivity index (χ2n) is 13.7. The van der Waals surface area contributed by atoms with Gasteiger partial charge in [-0.05, 0) is 60.7 Å². The molecule has 0 saturated carbocycles. The molecule has 0 aromatic heterocycles. The summed E-state index contributed by atoms with van der Waals surface area (Å²) in [5.74, 6) is -3.23. The summed E-state index contributed by atoms with van der Waals surface area (Å²) in [5, 5.41) is 5.69. The number of carbonyl (C=O) groups is 6. The van der Waals surface area contributed by atoms with Crippen molar-refractivity contribution in [2.45, 2.75) is 0 Å². The quantitative estimate of drug-likeness (QED) is 0.162. The topological polar surface area (TPSA) is 158 Å². The van der Waals surface area contributed by atoms with E-state index in [1.54, 1.807) is 84.9 Å². The fraction of sp³-hybridized carbons (Fsp3) is 0.0435. The van der Waals surface area contributed by atoms with Crippen molar-refractivity contribution >= 4 is 69.6 Å². The highest BCUT2D eigenvalue weighted by Gasteiger charge is 2.37. The van der Waals surface area contributed by atoms with Gasteiger partial charge in [0.1, 0.15) is 13.1 Å². The van der Waals surface area contributed by atoms with E-state index < -0.39 is 48.5 Å². The first-order valence-electron chi connectivity index (χ1n) is 18.3. The van der Waals surface area contributed by atoms with E-state index in [-0.39, 0.29) is 22.3 Å². The first-order chi connectivity index (χ1) is 28.2. The summed E-state index contributed by atoms with van der Waals surface area (Å²) in [6.07, 6.45) is 0.